The number of aromatic nitrogens is 2. The van der Waals surface area contributed by atoms with E-state index in [9.17, 15) is 0 Å². The molecule has 0 atom stereocenters. The predicted molar refractivity (Wildman–Crippen MR) is 78.9 cm³/mol. The maximum absolute atomic E-state index is 6.20. The second kappa shape index (κ2) is 4.90. The van der Waals surface area contributed by atoms with E-state index in [0.717, 1.165) is 15.4 Å². The third kappa shape index (κ3) is 2.68. The Balaban J connectivity index is 2.44. The topological polar surface area (TPSA) is 20.7 Å². The van der Waals surface area contributed by atoms with Gasteiger partial charge in [-0.2, -0.15) is 0 Å². The van der Waals surface area contributed by atoms with E-state index in [-0.39, 0.29) is 5.41 Å². The summed E-state index contributed by atoms with van der Waals surface area (Å²) in [6.45, 7) is 7.23. The van der Waals surface area contributed by atoms with Crippen molar-refractivity contribution in [2.75, 3.05) is 0 Å². The van der Waals surface area contributed by atoms with E-state index in [1.165, 1.54) is 5.69 Å². The normalized spacial score (nSPS) is 11.8. The van der Waals surface area contributed by atoms with E-state index in [4.69, 9.17) is 23.8 Å². The number of H-pyrrole nitrogens is 1. The Kier molecular flexibility index (Phi) is 3.64. The smallest absolute Gasteiger partial charge is 0.177 e. The Morgan fingerprint density at radius 3 is 2.56 bits per heavy atom. The van der Waals surface area contributed by atoms with Gasteiger partial charge in [0.1, 0.15) is 0 Å². The fourth-order valence-electron chi connectivity index (χ4n) is 1.97. The van der Waals surface area contributed by atoms with Crippen molar-refractivity contribution in [2.45, 2.75) is 32.7 Å². The van der Waals surface area contributed by atoms with Gasteiger partial charge >= 0.3 is 0 Å². The number of aromatic amines is 1. The minimum absolute atomic E-state index is 0.0504. The van der Waals surface area contributed by atoms with Gasteiger partial charge in [-0.3, -0.25) is 0 Å². The second-order valence-corrected chi connectivity index (χ2v) is 6.20. The van der Waals surface area contributed by atoms with Crippen molar-refractivity contribution in [1.82, 2.24) is 9.55 Å². The van der Waals surface area contributed by atoms with E-state index < -0.39 is 0 Å². The van der Waals surface area contributed by atoms with Gasteiger partial charge in [0.25, 0.3) is 0 Å². The lowest BCUT2D eigenvalue weighted by Gasteiger charge is -2.21. The summed E-state index contributed by atoms with van der Waals surface area (Å²) in [5.74, 6) is 0. The number of imidazole rings is 1. The highest BCUT2D eigenvalue weighted by molar-refractivity contribution is 7.71. The average molecular weight is 281 g/mol. The Labute approximate surface area is 118 Å². The van der Waals surface area contributed by atoms with Crippen molar-refractivity contribution >= 4 is 23.8 Å². The molecule has 0 aliphatic carbocycles. The molecule has 0 radical (unpaired) electrons. The third-order valence-electron chi connectivity index (χ3n) is 2.92. The van der Waals surface area contributed by atoms with Gasteiger partial charge < -0.3 is 9.55 Å². The van der Waals surface area contributed by atoms with Crippen molar-refractivity contribution in [2.24, 2.45) is 0 Å². The van der Waals surface area contributed by atoms with Crippen LogP contribution >= 0.6 is 23.8 Å². The van der Waals surface area contributed by atoms with Crippen LogP contribution < -0.4 is 0 Å². The maximum Gasteiger partial charge on any atom is 0.177 e. The number of nitrogens with one attached hydrogen (secondary N) is 1. The summed E-state index contributed by atoms with van der Waals surface area (Å²) in [6, 6.07) is 7.87. The summed E-state index contributed by atoms with van der Waals surface area (Å²) in [6.07, 6.45) is 1.99. The Morgan fingerprint density at radius 1 is 1.28 bits per heavy atom. The van der Waals surface area contributed by atoms with Crippen LogP contribution in [0.2, 0.25) is 5.02 Å². The molecule has 1 heterocycles. The van der Waals surface area contributed by atoms with Crippen molar-refractivity contribution in [3.8, 4) is 0 Å². The average Bonchev–Trinajstić information content (AvgIpc) is 2.63. The van der Waals surface area contributed by atoms with Crippen molar-refractivity contribution in [3.05, 3.63) is 51.5 Å². The zero-order chi connectivity index (χ0) is 13.3. The molecule has 0 aliphatic rings. The predicted octanol–water partition coefficient (Wildman–Crippen LogP) is 4.54. The largest absolute Gasteiger partial charge is 0.337 e. The lowest BCUT2D eigenvalue weighted by molar-refractivity contribution is 0.529. The number of rotatable bonds is 2. The molecule has 2 aromatic rings. The fraction of sp³-hybridized carbons (Fsp3) is 0.357. The van der Waals surface area contributed by atoms with Crippen LogP contribution in [-0.4, -0.2) is 9.55 Å². The highest BCUT2D eigenvalue weighted by atomic mass is 35.5. The van der Waals surface area contributed by atoms with E-state index in [1.54, 1.807) is 0 Å². The van der Waals surface area contributed by atoms with E-state index in [1.807, 2.05) is 30.5 Å². The molecule has 1 aromatic heterocycles. The van der Waals surface area contributed by atoms with Gasteiger partial charge in [0.15, 0.2) is 4.77 Å². The minimum atomic E-state index is 0.0504. The molecule has 0 fully saturated rings. The van der Waals surface area contributed by atoms with Gasteiger partial charge in [0.05, 0.1) is 6.54 Å². The van der Waals surface area contributed by atoms with Crippen LogP contribution in [0.25, 0.3) is 0 Å². The highest BCUT2D eigenvalue weighted by Gasteiger charge is 2.19. The molecule has 2 rings (SSSR count). The number of nitrogens with zero attached hydrogens (tertiary/aromatic N) is 1. The molecule has 0 amide bonds. The quantitative estimate of drug-likeness (QED) is 0.801. The summed E-state index contributed by atoms with van der Waals surface area (Å²) in [4.78, 5) is 3.12. The maximum atomic E-state index is 6.20. The molecule has 0 saturated carbocycles. The van der Waals surface area contributed by atoms with Gasteiger partial charge in [-0.25, -0.2) is 0 Å². The standard InChI is InChI=1S/C14H17ClN2S/c1-14(2,3)12-8-16-13(18)17(12)9-10-6-4-5-7-11(10)15/h4-8H,9H2,1-3H3,(H,16,18). The monoisotopic (exact) mass is 280 g/mol. The summed E-state index contributed by atoms with van der Waals surface area (Å²) >= 11 is 11.6. The van der Waals surface area contributed by atoms with Crippen LogP contribution in [-0.2, 0) is 12.0 Å². The van der Waals surface area contributed by atoms with Gasteiger partial charge in [0.2, 0.25) is 0 Å². The zero-order valence-electron chi connectivity index (χ0n) is 10.8. The lowest BCUT2D eigenvalue weighted by atomic mass is 9.92. The fourth-order valence-corrected chi connectivity index (χ4v) is 2.39. The Bertz CT molecular complexity index is 605. The van der Waals surface area contributed by atoms with Crippen molar-refractivity contribution in [1.29, 1.82) is 0 Å². The van der Waals surface area contributed by atoms with E-state index >= 15 is 0 Å². The molecular weight excluding hydrogens is 264 g/mol. The third-order valence-corrected chi connectivity index (χ3v) is 3.63. The first kappa shape index (κ1) is 13.4. The van der Waals surface area contributed by atoms with Crippen LogP contribution in [0.1, 0.15) is 32.0 Å². The minimum Gasteiger partial charge on any atom is -0.337 e. The molecule has 0 saturated heterocycles. The van der Waals surface area contributed by atoms with Gasteiger partial charge in [-0.15, -0.1) is 0 Å². The molecule has 2 nitrogen and oxygen atoms in total. The molecule has 18 heavy (non-hydrogen) atoms. The molecule has 0 bridgehead atoms. The highest BCUT2D eigenvalue weighted by Crippen LogP contribution is 2.24. The zero-order valence-corrected chi connectivity index (χ0v) is 12.4. The van der Waals surface area contributed by atoms with Gasteiger partial charge in [0, 0.05) is 22.3 Å². The van der Waals surface area contributed by atoms with Crippen LogP contribution in [0, 0.1) is 4.77 Å². The van der Waals surface area contributed by atoms with E-state index in [2.05, 4.69) is 30.3 Å². The molecule has 1 aromatic carbocycles. The number of hydrogen-bond donors (Lipinski definition) is 1. The molecule has 0 spiro atoms. The molecule has 96 valence electrons. The summed E-state index contributed by atoms with van der Waals surface area (Å²) in [5, 5.41) is 0.778. The summed E-state index contributed by atoms with van der Waals surface area (Å²) < 4.78 is 2.84. The Morgan fingerprint density at radius 2 is 1.94 bits per heavy atom. The van der Waals surface area contributed by atoms with Crippen LogP contribution in [0.5, 0.6) is 0 Å². The molecular formula is C14H17ClN2S. The molecule has 1 N–H and O–H groups in total. The number of halogens is 1. The Hall–Kier alpha value is -1.06. The number of hydrogen-bond acceptors (Lipinski definition) is 1. The van der Waals surface area contributed by atoms with Gasteiger partial charge in [-0.05, 0) is 23.8 Å². The van der Waals surface area contributed by atoms with Crippen molar-refractivity contribution in [3.63, 3.8) is 0 Å². The molecule has 0 unspecified atom stereocenters. The summed E-state index contributed by atoms with van der Waals surface area (Å²) in [5.41, 5.74) is 2.32. The molecule has 0 aliphatic heterocycles. The first-order valence-electron chi connectivity index (χ1n) is 5.91. The lowest BCUT2D eigenvalue weighted by Crippen LogP contribution is -2.18. The SMILES string of the molecule is CC(C)(C)c1c[nH]c(=S)n1Cc1ccccc1Cl. The number of benzene rings is 1. The first-order valence-corrected chi connectivity index (χ1v) is 6.70. The second-order valence-electron chi connectivity index (χ2n) is 5.41. The van der Waals surface area contributed by atoms with Gasteiger partial charge in [-0.1, -0.05) is 50.6 Å². The molecule has 4 heteroatoms. The summed E-state index contributed by atoms with van der Waals surface area (Å²) in [7, 11) is 0. The van der Waals surface area contributed by atoms with Crippen LogP contribution in [0.15, 0.2) is 30.5 Å². The van der Waals surface area contributed by atoms with Crippen LogP contribution in [0.3, 0.4) is 0 Å². The van der Waals surface area contributed by atoms with Crippen LogP contribution in [0.4, 0.5) is 0 Å². The first-order chi connectivity index (χ1) is 8.39. The van der Waals surface area contributed by atoms with E-state index in [0.29, 0.717) is 6.54 Å². The van der Waals surface area contributed by atoms with Crippen molar-refractivity contribution < 1.29 is 0 Å².